The van der Waals surface area contributed by atoms with Crippen molar-refractivity contribution in [2.45, 2.75) is 39.3 Å². The van der Waals surface area contributed by atoms with Gasteiger partial charge in [0.15, 0.2) is 17.5 Å². The van der Waals surface area contributed by atoms with Gasteiger partial charge in [-0.25, -0.2) is 9.78 Å². The highest BCUT2D eigenvalue weighted by Gasteiger charge is 2.30. The Hall–Kier alpha value is -3.17. The van der Waals surface area contributed by atoms with Gasteiger partial charge in [-0.1, -0.05) is 6.08 Å². The van der Waals surface area contributed by atoms with Crippen LogP contribution in [0.15, 0.2) is 23.3 Å². The molecule has 3 heterocycles. The summed E-state index contributed by atoms with van der Waals surface area (Å²) < 4.78 is 5.46. The SMILES string of the molecule is CC1NN=C2C=CC(c3nnc(N)c(N4CCN(C(=O)OC(C)(C)C)CC4)n3)=CC21. The topological polar surface area (TPSA) is 122 Å². The molecule has 4 rings (SSSR count). The van der Waals surface area contributed by atoms with Crippen LogP contribution >= 0.6 is 0 Å². The summed E-state index contributed by atoms with van der Waals surface area (Å²) in [7, 11) is 0. The van der Waals surface area contributed by atoms with Crippen molar-refractivity contribution < 1.29 is 9.53 Å². The van der Waals surface area contributed by atoms with Gasteiger partial charge >= 0.3 is 6.09 Å². The van der Waals surface area contributed by atoms with E-state index in [4.69, 9.17) is 15.5 Å². The number of nitrogen functional groups attached to an aromatic ring is 1. The number of amides is 1. The quantitative estimate of drug-likeness (QED) is 0.748. The molecule has 1 aromatic heterocycles. The Morgan fingerprint density at radius 1 is 1.20 bits per heavy atom. The number of nitrogens with one attached hydrogen (secondary N) is 1. The number of carbonyl (C=O) groups is 1. The first-order chi connectivity index (χ1) is 14.2. The molecule has 1 fully saturated rings. The second kappa shape index (κ2) is 7.58. The number of piperazine rings is 1. The number of ether oxygens (including phenoxy) is 1. The van der Waals surface area contributed by atoms with E-state index in [2.05, 4.69) is 33.7 Å². The number of hydrogen-bond donors (Lipinski definition) is 2. The van der Waals surface area contributed by atoms with Crippen molar-refractivity contribution >= 4 is 29.0 Å². The van der Waals surface area contributed by atoms with Crippen molar-refractivity contribution in [3.63, 3.8) is 0 Å². The number of fused-ring (bicyclic) bond motifs is 1. The van der Waals surface area contributed by atoms with Crippen molar-refractivity contribution in [1.29, 1.82) is 0 Å². The first-order valence-electron chi connectivity index (χ1n) is 10.2. The lowest BCUT2D eigenvalue weighted by Crippen LogP contribution is -2.50. The summed E-state index contributed by atoms with van der Waals surface area (Å²) in [6, 6.07) is 0.224. The van der Waals surface area contributed by atoms with E-state index in [0.29, 0.717) is 37.8 Å². The van der Waals surface area contributed by atoms with E-state index < -0.39 is 5.60 Å². The van der Waals surface area contributed by atoms with Crippen LogP contribution < -0.4 is 16.1 Å². The molecule has 1 aliphatic carbocycles. The van der Waals surface area contributed by atoms with Crippen molar-refractivity contribution in [1.82, 2.24) is 25.5 Å². The summed E-state index contributed by atoms with van der Waals surface area (Å²) in [5, 5.41) is 12.7. The Bertz CT molecular complexity index is 925. The first-order valence-corrected chi connectivity index (χ1v) is 10.2. The minimum atomic E-state index is -0.512. The average Bonchev–Trinajstić information content (AvgIpc) is 3.07. The molecule has 0 radical (unpaired) electrons. The lowest BCUT2D eigenvalue weighted by Gasteiger charge is -2.36. The van der Waals surface area contributed by atoms with Gasteiger partial charge in [0.2, 0.25) is 0 Å². The fraction of sp³-hybridized carbons (Fsp3) is 0.550. The summed E-state index contributed by atoms with van der Waals surface area (Å²) >= 11 is 0. The summed E-state index contributed by atoms with van der Waals surface area (Å²) in [5.41, 5.74) is 10.6. The van der Waals surface area contributed by atoms with E-state index in [-0.39, 0.29) is 23.9 Å². The highest BCUT2D eigenvalue weighted by molar-refractivity contribution is 6.04. The van der Waals surface area contributed by atoms with Crippen LogP contribution in [0.4, 0.5) is 16.4 Å². The number of hydrazone groups is 1. The first kappa shape index (κ1) is 20.1. The minimum absolute atomic E-state index is 0.187. The summed E-state index contributed by atoms with van der Waals surface area (Å²) in [6.45, 7) is 9.92. The molecule has 1 aromatic rings. The molecule has 0 bridgehead atoms. The zero-order chi connectivity index (χ0) is 21.5. The third-order valence-electron chi connectivity index (χ3n) is 5.25. The zero-order valence-electron chi connectivity index (χ0n) is 17.8. The van der Waals surface area contributed by atoms with Crippen LogP contribution in [0.25, 0.3) is 5.57 Å². The van der Waals surface area contributed by atoms with Gasteiger partial charge in [-0.2, -0.15) is 5.10 Å². The van der Waals surface area contributed by atoms with E-state index in [1.165, 1.54) is 0 Å². The van der Waals surface area contributed by atoms with E-state index >= 15 is 0 Å². The van der Waals surface area contributed by atoms with Gasteiger partial charge in [0.25, 0.3) is 0 Å². The van der Waals surface area contributed by atoms with Gasteiger partial charge in [0.1, 0.15) is 5.60 Å². The second-order valence-corrected chi connectivity index (χ2v) is 8.73. The molecule has 3 N–H and O–H groups in total. The Morgan fingerprint density at radius 2 is 1.93 bits per heavy atom. The Labute approximate surface area is 175 Å². The summed E-state index contributed by atoms with van der Waals surface area (Å²) in [5.74, 6) is 1.59. The molecule has 1 saturated heterocycles. The lowest BCUT2D eigenvalue weighted by molar-refractivity contribution is 0.0240. The van der Waals surface area contributed by atoms with Crippen LogP contribution in [0, 0.1) is 5.92 Å². The highest BCUT2D eigenvalue weighted by atomic mass is 16.6. The number of carbonyl (C=O) groups excluding carboxylic acids is 1. The molecule has 2 unspecified atom stereocenters. The summed E-state index contributed by atoms with van der Waals surface area (Å²) in [6.07, 6.45) is 5.74. The van der Waals surface area contributed by atoms with E-state index in [1.807, 2.05) is 37.8 Å². The highest BCUT2D eigenvalue weighted by Crippen LogP contribution is 2.28. The number of nitrogens with two attached hydrogens (primary N) is 1. The zero-order valence-corrected chi connectivity index (χ0v) is 17.8. The second-order valence-electron chi connectivity index (χ2n) is 8.73. The van der Waals surface area contributed by atoms with Gasteiger partial charge < -0.3 is 25.7 Å². The maximum absolute atomic E-state index is 12.3. The number of hydrogen-bond acceptors (Lipinski definition) is 9. The van der Waals surface area contributed by atoms with E-state index in [9.17, 15) is 4.79 Å². The predicted molar refractivity (Wildman–Crippen MR) is 115 cm³/mol. The Morgan fingerprint density at radius 3 is 2.63 bits per heavy atom. The van der Waals surface area contributed by atoms with Crippen LogP contribution in [0.2, 0.25) is 0 Å². The molecule has 10 heteroatoms. The third kappa shape index (κ3) is 4.07. The van der Waals surface area contributed by atoms with Crippen molar-refractivity contribution in [2.24, 2.45) is 11.0 Å². The largest absolute Gasteiger partial charge is 0.444 e. The van der Waals surface area contributed by atoms with Crippen LogP contribution in [0.5, 0.6) is 0 Å². The molecule has 1 amide bonds. The monoisotopic (exact) mass is 412 g/mol. The molecule has 30 heavy (non-hydrogen) atoms. The Kier molecular flexibility index (Phi) is 5.08. The van der Waals surface area contributed by atoms with Crippen LogP contribution in [-0.4, -0.2) is 69.7 Å². The van der Waals surface area contributed by atoms with Crippen molar-refractivity contribution in [3.8, 4) is 0 Å². The normalized spacial score (nSPS) is 23.5. The van der Waals surface area contributed by atoms with Gasteiger partial charge in [-0.05, 0) is 39.8 Å². The molecule has 3 aliphatic rings. The van der Waals surface area contributed by atoms with Gasteiger partial charge in [-0.15, -0.1) is 10.2 Å². The Balaban J connectivity index is 1.47. The molecule has 160 valence electrons. The number of aromatic nitrogens is 3. The maximum Gasteiger partial charge on any atom is 0.410 e. The molecule has 0 aromatic carbocycles. The molecule has 0 saturated carbocycles. The summed E-state index contributed by atoms with van der Waals surface area (Å²) in [4.78, 5) is 20.7. The number of nitrogens with zero attached hydrogens (tertiary/aromatic N) is 6. The maximum atomic E-state index is 12.3. The predicted octanol–water partition coefficient (Wildman–Crippen LogP) is 1.43. The van der Waals surface area contributed by atoms with Crippen LogP contribution in [0.1, 0.15) is 33.5 Å². The molecule has 10 nitrogen and oxygen atoms in total. The lowest BCUT2D eigenvalue weighted by atomic mass is 9.90. The van der Waals surface area contributed by atoms with Crippen molar-refractivity contribution in [3.05, 3.63) is 24.1 Å². The molecule has 2 aliphatic heterocycles. The van der Waals surface area contributed by atoms with E-state index in [1.54, 1.807) is 4.90 Å². The van der Waals surface area contributed by atoms with Crippen molar-refractivity contribution in [2.75, 3.05) is 36.8 Å². The molecule has 0 spiro atoms. The molecule has 2 atom stereocenters. The van der Waals surface area contributed by atoms with Crippen LogP contribution in [0.3, 0.4) is 0 Å². The molecular formula is C20H28N8O2. The van der Waals surface area contributed by atoms with Gasteiger partial charge in [0, 0.05) is 37.7 Å². The average molecular weight is 412 g/mol. The van der Waals surface area contributed by atoms with E-state index in [0.717, 1.165) is 11.3 Å². The minimum Gasteiger partial charge on any atom is -0.444 e. The number of rotatable bonds is 2. The third-order valence-corrected chi connectivity index (χ3v) is 5.25. The van der Waals surface area contributed by atoms with Crippen LogP contribution in [-0.2, 0) is 4.74 Å². The van der Waals surface area contributed by atoms with Gasteiger partial charge in [0.05, 0.1) is 11.8 Å². The number of allylic oxidation sites excluding steroid dienone is 3. The standard InChI is InChI=1S/C20H28N8O2/c1-12-14-11-13(5-6-15(14)24-23-12)17-22-18(16(21)25-26-17)27-7-9-28(10-8-27)19(29)30-20(2,3)4/h5-6,11-12,14,23H,7-10H2,1-4H3,(H2,21,25). The fourth-order valence-corrected chi connectivity index (χ4v) is 3.65. The smallest absolute Gasteiger partial charge is 0.410 e. The van der Waals surface area contributed by atoms with Gasteiger partial charge in [-0.3, -0.25) is 0 Å². The number of anilines is 2. The molecular weight excluding hydrogens is 384 g/mol. The fourth-order valence-electron chi connectivity index (χ4n) is 3.65.